The maximum Gasteiger partial charge on any atom is 0.439 e. The highest BCUT2D eigenvalue weighted by Crippen LogP contribution is 2.49. The molecule has 0 aromatic rings. The first-order chi connectivity index (χ1) is 9.10. The molecule has 1 N–H and O–H groups in total. The van der Waals surface area contributed by atoms with Crippen LogP contribution in [0.15, 0.2) is 5.10 Å². The molecule has 0 aromatic carbocycles. The summed E-state index contributed by atoms with van der Waals surface area (Å²) in [7, 11) is 0. The third kappa shape index (κ3) is 2.03. The molecule has 0 spiro atoms. The smallest absolute Gasteiger partial charge is 0.362 e. The predicted octanol–water partition coefficient (Wildman–Crippen LogP) is 2.53. The van der Waals surface area contributed by atoms with E-state index in [2.05, 4.69) is 5.10 Å². The number of fused-ring (bicyclic) bond motifs is 1. The fourth-order valence-corrected chi connectivity index (χ4v) is 2.96. The molecule has 1 amide bonds. The van der Waals surface area contributed by atoms with E-state index in [9.17, 15) is 23.1 Å². The number of carbonyl (C=O) groups excluding carboxylic acids is 1. The molecule has 4 nitrogen and oxygen atoms in total. The normalized spacial score (nSPS) is 34.2. The number of hydrazone groups is 1. The van der Waals surface area contributed by atoms with Gasteiger partial charge in [-0.25, -0.2) is 0 Å². The van der Waals surface area contributed by atoms with Crippen LogP contribution < -0.4 is 0 Å². The van der Waals surface area contributed by atoms with Gasteiger partial charge in [-0.15, -0.1) is 0 Å². The van der Waals surface area contributed by atoms with Gasteiger partial charge < -0.3 is 5.11 Å². The van der Waals surface area contributed by atoms with Gasteiger partial charge in [-0.2, -0.15) is 23.3 Å². The number of alkyl halides is 3. The summed E-state index contributed by atoms with van der Waals surface area (Å²) < 4.78 is 40.2. The first-order valence-electron chi connectivity index (χ1n) is 6.82. The summed E-state index contributed by atoms with van der Waals surface area (Å²) in [6, 6.07) is 0. The van der Waals surface area contributed by atoms with E-state index in [1.807, 2.05) is 0 Å². The number of halogens is 3. The Morgan fingerprint density at radius 1 is 1.45 bits per heavy atom. The van der Waals surface area contributed by atoms with Gasteiger partial charge in [0, 0.05) is 11.6 Å². The molecule has 2 aliphatic rings. The van der Waals surface area contributed by atoms with Gasteiger partial charge in [-0.05, 0) is 18.8 Å². The second-order valence-electron chi connectivity index (χ2n) is 5.94. The van der Waals surface area contributed by atoms with E-state index < -0.39 is 29.6 Å². The van der Waals surface area contributed by atoms with Crippen molar-refractivity contribution < 1.29 is 23.1 Å². The van der Waals surface area contributed by atoms with E-state index in [-0.39, 0.29) is 17.3 Å². The Morgan fingerprint density at radius 3 is 2.55 bits per heavy atom. The zero-order valence-corrected chi connectivity index (χ0v) is 11.7. The summed E-state index contributed by atoms with van der Waals surface area (Å²) in [5, 5.41) is 14.4. The second kappa shape index (κ2) is 4.72. The maximum absolute atomic E-state index is 13.4. The van der Waals surface area contributed by atoms with Crippen LogP contribution in [0, 0.1) is 17.8 Å². The Morgan fingerprint density at radius 2 is 2.05 bits per heavy atom. The van der Waals surface area contributed by atoms with Gasteiger partial charge in [0.15, 0.2) is 0 Å². The van der Waals surface area contributed by atoms with E-state index in [0.717, 1.165) is 6.42 Å². The highest BCUT2D eigenvalue weighted by molar-refractivity contribution is 5.95. The van der Waals surface area contributed by atoms with Crippen molar-refractivity contribution >= 4 is 11.6 Å². The maximum atomic E-state index is 13.4. The number of amides is 1. The molecular formula is C13H19F3N2O2. The topological polar surface area (TPSA) is 52.9 Å². The van der Waals surface area contributed by atoms with E-state index in [0.29, 0.717) is 12.1 Å². The Labute approximate surface area is 115 Å². The molecule has 1 heterocycles. The average Bonchev–Trinajstić information content (AvgIpc) is 2.64. The first kappa shape index (κ1) is 15.3. The van der Waals surface area contributed by atoms with E-state index in [4.69, 9.17) is 0 Å². The summed E-state index contributed by atoms with van der Waals surface area (Å²) in [5.74, 6) is -2.76. The molecule has 0 radical (unpaired) electrons. The number of aliphatic hydroxyl groups is 1. The van der Waals surface area contributed by atoms with Crippen molar-refractivity contribution in [2.75, 3.05) is 0 Å². The van der Waals surface area contributed by atoms with Crippen LogP contribution >= 0.6 is 0 Å². The van der Waals surface area contributed by atoms with Gasteiger partial charge in [0.25, 0.3) is 5.72 Å². The minimum atomic E-state index is -4.93. The number of rotatable bonds is 1. The van der Waals surface area contributed by atoms with Crippen molar-refractivity contribution in [3.8, 4) is 0 Å². The van der Waals surface area contributed by atoms with Crippen molar-refractivity contribution in [2.45, 2.75) is 51.9 Å². The summed E-state index contributed by atoms with van der Waals surface area (Å²) in [5.41, 5.74) is -2.90. The molecule has 1 aliphatic carbocycles. The molecule has 0 bridgehead atoms. The van der Waals surface area contributed by atoms with Crippen molar-refractivity contribution in [1.82, 2.24) is 5.01 Å². The van der Waals surface area contributed by atoms with Gasteiger partial charge >= 0.3 is 6.18 Å². The summed E-state index contributed by atoms with van der Waals surface area (Å²) in [6.07, 6.45) is -3.41. The molecule has 7 heteroatoms. The van der Waals surface area contributed by atoms with Gasteiger partial charge in [0.05, 0.1) is 5.92 Å². The van der Waals surface area contributed by atoms with Gasteiger partial charge in [-0.1, -0.05) is 27.2 Å². The van der Waals surface area contributed by atoms with Crippen molar-refractivity contribution in [3.63, 3.8) is 0 Å². The molecule has 3 atom stereocenters. The van der Waals surface area contributed by atoms with Crippen LogP contribution in [-0.4, -0.2) is 33.6 Å². The number of carbonyl (C=O) groups is 1. The summed E-state index contributed by atoms with van der Waals surface area (Å²) >= 11 is 0. The van der Waals surface area contributed by atoms with Crippen LogP contribution in [0.1, 0.15) is 40.0 Å². The SMILES string of the molecule is CC(C)C(=O)N1N=C2[C@H](C)CCC[C@@H]2[C@]1(O)C(F)(F)F. The molecule has 0 aromatic heterocycles. The molecular weight excluding hydrogens is 273 g/mol. The van der Waals surface area contributed by atoms with Crippen LogP contribution in [0.25, 0.3) is 0 Å². The monoisotopic (exact) mass is 292 g/mol. The van der Waals surface area contributed by atoms with Crippen molar-refractivity contribution in [2.24, 2.45) is 22.9 Å². The van der Waals surface area contributed by atoms with Crippen LogP contribution in [0.3, 0.4) is 0 Å². The Hall–Kier alpha value is -1.11. The third-order valence-corrected chi connectivity index (χ3v) is 4.14. The largest absolute Gasteiger partial charge is 0.439 e. The fraction of sp³-hybridized carbons (Fsp3) is 0.846. The van der Waals surface area contributed by atoms with Crippen LogP contribution in [0.4, 0.5) is 13.2 Å². The average molecular weight is 292 g/mol. The minimum absolute atomic E-state index is 0.146. The fourth-order valence-electron chi connectivity index (χ4n) is 2.96. The quantitative estimate of drug-likeness (QED) is 0.807. The lowest BCUT2D eigenvalue weighted by Crippen LogP contribution is -2.62. The van der Waals surface area contributed by atoms with Gasteiger partial charge in [-0.3, -0.25) is 4.79 Å². The number of hydrogen-bond donors (Lipinski definition) is 1. The molecule has 20 heavy (non-hydrogen) atoms. The van der Waals surface area contributed by atoms with E-state index in [1.54, 1.807) is 6.92 Å². The summed E-state index contributed by atoms with van der Waals surface area (Å²) in [4.78, 5) is 12.0. The Kier molecular flexibility index (Phi) is 3.60. The summed E-state index contributed by atoms with van der Waals surface area (Å²) in [6.45, 7) is 4.76. The Balaban J connectivity index is 2.49. The molecule has 114 valence electrons. The molecule has 1 aliphatic heterocycles. The van der Waals surface area contributed by atoms with Crippen molar-refractivity contribution in [1.29, 1.82) is 0 Å². The third-order valence-electron chi connectivity index (χ3n) is 4.14. The zero-order chi connectivity index (χ0) is 15.3. The van der Waals surface area contributed by atoms with E-state index in [1.165, 1.54) is 13.8 Å². The molecule has 1 saturated carbocycles. The lowest BCUT2D eigenvalue weighted by Gasteiger charge is -2.39. The first-order valence-corrected chi connectivity index (χ1v) is 6.82. The van der Waals surface area contributed by atoms with Crippen molar-refractivity contribution in [3.05, 3.63) is 0 Å². The lowest BCUT2D eigenvalue weighted by atomic mass is 9.75. The predicted molar refractivity (Wildman–Crippen MR) is 66.6 cm³/mol. The van der Waals surface area contributed by atoms with Crippen LogP contribution in [-0.2, 0) is 4.79 Å². The Bertz CT molecular complexity index is 447. The molecule has 2 rings (SSSR count). The highest BCUT2D eigenvalue weighted by atomic mass is 19.4. The number of hydrogen-bond acceptors (Lipinski definition) is 3. The molecule has 1 fully saturated rings. The molecule has 0 saturated heterocycles. The second-order valence-corrected chi connectivity index (χ2v) is 5.94. The van der Waals surface area contributed by atoms with Gasteiger partial charge in [0.1, 0.15) is 0 Å². The highest BCUT2D eigenvalue weighted by Gasteiger charge is 2.69. The van der Waals surface area contributed by atoms with Crippen LogP contribution in [0.2, 0.25) is 0 Å². The number of nitrogens with zero attached hydrogens (tertiary/aromatic N) is 2. The molecule has 0 unspecified atom stereocenters. The zero-order valence-electron chi connectivity index (χ0n) is 11.7. The minimum Gasteiger partial charge on any atom is -0.362 e. The van der Waals surface area contributed by atoms with Crippen LogP contribution in [0.5, 0.6) is 0 Å². The lowest BCUT2D eigenvalue weighted by molar-refractivity contribution is -0.317. The standard InChI is InChI=1S/C13H19F3N2O2/c1-7(2)11(19)18-12(20,13(14,15)16)9-6-4-5-8(3)10(9)17-18/h7-9,20H,4-6H2,1-3H3/t8-,9+,12+/m1/s1. The van der Waals surface area contributed by atoms with Gasteiger partial charge in [0.2, 0.25) is 5.91 Å². The van der Waals surface area contributed by atoms with E-state index >= 15 is 0 Å².